The number of aliphatic hydroxyl groups excluding tert-OH is 2. The van der Waals surface area contributed by atoms with E-state index in [9.17, 15) is 0 Å². The SMILES string of the molecule is OCC[N-]CCO.[W]. The standard InChI is InChI=1S/C4H10NO2.W/c6-3-1-5-2-4-7;/h6-7H,1-4H2;/q-1;. The molecule has 8 heavy (non-hydrogen) atoms. The molecule has 3 nitrogen and oxygen atoms in total. The van der Waals surface area contributed by atoms with E-state index in [2.05, 4.69) is 5.32 Å². The molecule has 0 radical (unpaired) electrons. The normalized spacial score (nSPS) is 8.25. The Kier molecular flexibility index (Phi) is 15.0. The van der Waals surface area contributed by atoms with E-state index in [0.717, 1.165) is 0 Å². The Morgan fingerprint density at radius 1 is 1.00 bits per heavy atom. The fourth-order valence-corrected chi connectivity index (χ4v) is 0.253. The van der Waals surface area contributed by atoms with Gasteiger partial charge >= 0.3 is 0 Å². The summed E-state index contributed by atoms with van der Waals surface area (Å²) in [6.07, 6.45) is 0. The van der Waals surface area contributed by atoms with Crippen molar-refractivity contribution >= 4 is 0 Å². The van der Waals surface area contributed by atoms with Gasteiger partial charge in [-0.1, -0.05) is 0 Å². The van der Waals surface area contributed by atoms with Crippen LogP contribution in [0.4, 0.5) is 0 Å². The Morgan fingerprint density at radius 2 is 1.38 bits per heavy atom. The molecule has 2 N–H and O–H groups in total. The molecule has 0 heterocycles. The quantitative estimate of drug-likeness (QED) is 0.675. The molecule has 50 valence electrons. The van der Waals surface area contributed by atoms with Gasteiger partial charge in [0.25, 0.3) is 0 Å². The number of rotatable bonds is 4. The average Bonchev–Trinajstić information content (AvgIpc) is 1.69. The van der Waals surface area contributed by atoms with E-state index in [-0.39, 0.29) is 34.3 Å². The van der Waals surface area contributed by atoms with E-state index < -0.39 is 0 Å². The molecule has 0 spiro atoms. The summed E-state index contributed by atoms with van der Waals surface area (Å²) >= 11 is 0. The maximum absolute atomic E-state index is 8.12. The molecule has 4 heteroatoms. The molecular weight excluding hydrogens is 278 g/mol. The van der Waals surface area contributed by atoms with Gasteiger partial charge in [-0.25, -0.2) is 0 Å². The van der Waals surface area contributed by atoms with Crippen molar-refractivity contribution in [1.29, 1.82) is 0 Å². The fourth-order valence-electron chi connectivity index (χ4n) is 0.253. The number of hydrogen-bond acceptors (Lipinski definition) is 2. The smallest absolute Gasteiger partial charge is 0.0243 e. The molecule has 0 atom stereocenters. The number of aliphatic hydroxyl groups is 2. The molecule has 0 aliphatic carbocycles. The van der Waals surface area contributed by atoms with Crippen LogP contribution in [0.25, 0.3) is 5.32 Å². The van der Waals surface area contributed by atoms with E-state index in [4.69, 9.17) is 10.2 Å². The van der Waals surface area contributed by atoms with E-state index in [1.54, 1.807) is 0 Å². The molecule has 0 aliphatic rings. The summed E-state index contributed by atoms with van der Waals surface area (Å²) in [5.74, 6) is 0. The second-order valence-electron chi connectivity index (χ2n) is 1.12. The molecule has 0 saturated carbocycles. The van der Waals surface area contributed by atoms with Crippen molar-refractivity contribution in [3.05, 3.63) is 5.32 Å². The van der Waals surface area contributed by atoms with Gasteiger partial charge in [-0.05, 0) is 0 Å². The molecular formula is C4H10NO2W-. The zero-order chi connectivity index (χ0) is 5.54. The van der Waals surface area contributed by atoms with Crippen LogP contribution in [0.3, 0.4) is 0 Å². The van der Waals surface area contributed by atoms with Crippen LogP contribution < -0.4 is 0 Å². The molecule has 0 rings (SSSR count). The first-order chi connectivity index (χ1) is 3.41. The Bertz CT molecular complexity index is 33.2. The molecule has 0 aromatic carbocycles. The topological polar surface area (TPSA) is 54.6 Å². The van der Waals surface area contributed by atoms with Gasteiger partial charge in [-0.15, -0.1) is 13.1 Å². The van der Waals surface area contributed by atoms with Gasteiger partial charge in [0.05, 0.1) is 0 Å². The van der Waals surface area contributed by atoms with Crippen molar-refractivity contribution < 1.29 is 31.3 Å². The monoisotopic (exact) mass is 288 g/mol. The minimum atomic E-state index is 0. The Balaban J connectivity index is 0. The van der Waals surface area contributed by atoms with Crippen LogP contribution in [0.1, 0.15) is 0 Å². The zero-order valence-corrected chi connectivity index (χ0v) is 7.51. The summed E-state index contributed by atoms with van der Waals surface area (Å²) in [6.45, 7) is 1.06. The van der Waals surface area contributed by atoms with Gasteiger partial charge in [-0.3, -0.25) is 0 Å². The largest absolute Gasteiger partial charge is 0.659 e. The van der Waals surface area contributed by atoms with Crippen LogP contribution in [0, 0.1) is 0 Å². The van der Waals surface area contributed by atoms with E-state index >= 15 is 0 Å². The van der Waals surface area contributed by atoms with Crippen molar-refractivity contribution in [3.63, 3.8) is 0 Å². The molecule has 0 amide bonds. The van der Waals surface area contributed by atoms with Gasteiger partial charge in [0.1, 0.15) is 0 Å². The minimum Gasteiger partial charge on any atom is -0.659 e. The summed E-state index contributed by atoms with van der Waals surface area (Å²) in [4.78, 5) is 0. The molecule has 0 aromatic heterocycles. The van der Waals surface area contributed by atoms with Gasteiger partial charge in [0.2, 0.25) is 0 Å². The average molecular weight is 288 g/mol. The first-order valence-electron chi connectivity index (χ1n) is 2.26. The maximum Gasteiger partial charge on any atom is 0.0243 e. The van der Waals surface area contributed by atoms with Gasteiger partial charge in [0.15, 0.2) is 0 Å². The summed E-state index contributed by atoms with van der Waals surface area (Å²) in [5, 5.41) is 19.9. The van der Waals surface area contributed by atoms with Crippen molar-refractivity contribution in [2.24, 2.45) is 0 Å². The van der Waals surface area contributed by atoms with Crippen LogP contribution in [0.15, 0.2) is 0 Å². The predicted molar refractivity (Wildman–Crippen MR) is 27.3 cm³/mol. The van der Waals surface area contributed by atoms with Crippen LogP contribution in [-0.2, 0) is 21.1 Å². The van der Waals surface area contributed by atoms with Crippen molar-refractivity contribution in [3.8, 4) is 0 Å². The van der Waals surface area contributed by atoms with Gasteiger partial charge in [-0.2, -0.15) is 0 Å². The van der Waals surface area contributed by atoms with Gasteiger partial charge in [0, 0.05) is 34.3 Å². The van der Waals surface area contributed by atoms with E-state index in [0.29, 0.717) is 13.1 Å². The molecule has 0 bridgehead atoms. The Hall–Kier alpha value is 0.568. The van der Waals surface area contributed by atoms with Crippen LogP contribution in [0.5, 0.6) is 0 Å². The number of hydrogen-bond donors (Lipinski definition) is 2. The third-order valence-corrected chi connectivity index (χ3v) is 0.516. The second-order valence-corrected chi connectivity index (χ2v) is 1.12. The van der Waals surface area contributed by atoms with E-state index in [1.807, 2.05) is 0 Å². The Labute approximate surface area is 63.4 Å². The molecule has 0 aliphatic heterocycles. The Morgan fingerprint density at radius 3 is 1.62 bits per heavy atom. The van der Waals surface area contributed by atoms with E-state index in [1.165, 1.54) is 0 Å². The van der Waals surface area contributed by atoms with Crippen LogP contribution in [-0.4, -0.2) is 36.5 Å². The molecule has 0 unspecified atom stereocenters. The third kappa shape index (κ3) is 9.76. The van der Waals surface area contributed by atoms with Crippen molar-refractivity contribution in [1.82, 2.24) is 0 Å². The second kappa shape index (κ2) is 10.5. The maximum atomic E-state index is 8.12. The number of nitrogens with zero attached hydrogens (tertiary/aromatic N) is 1. The van der Waals surface area contributed by atoms with Crippen LogP contribution in [0.2, 0.25) is 0 Å². The molecule has 0 aromatic rings. The fraction of sp³-hybridized carbons (Fsp3) is 1.00. The summed E-state index contributed by atoms with van der Waals surface area (Å²) < 4.78 is 0. The molecule has 0 saturated heterocycles. The summed E-state index contributed by atoms with van der Waals surface area (Å²) in [6, 6.07) is 0. The zero-order valence-electron chi connectivity index (χ0n) is 4.58. The minimum absolute atomic E-state index is 0. The van der Waals surface area contributed by atoms with Crippen molar-refractivity contribution in [2.45, 2.75) is 0 Å². The van der Waals surface area contributed by atoms with Gasteiger partial charge < -0.3 is 15.5 Å². The first kappa shape index (κ1) is 11.4. The van der Waals surface area contributed by atoms with Crippen LogP contribution >= 0.6 is 0 Å². The third-order valence-electron chi connectivity index (χ3n) is 0.516. The predicted octanol–water partition coefficient (Wildman–Crippen LogP) is -0.658. The van der Waals surface area contributed by atoms with Crippen molar-refractivity contribution in [2.75, 3.05) is 26.3 Å². The first-order valence-corrected chi connectivity index (χ1v) is 2.26. The summed E-state index contributed by atoms with van der Waals surface area (Å²) in [5.41, 5.74) is 0. The molecule has 0 fully saturated rings. The summed E-state index contributed by atoms with van der Waals surface area (Å²) in [7, 11) is 0.